The maximum atomic E-state index is 9.01. The van der Waals surface area contributed by atoms with Crippen LogP contribution in [0.1, 0.15) is 48.4 Å². The Bertz CT molecular complexity index is 1060. The highest BCUT2D eigenvalue weighted by molar-refractivity contribution is 5.74. The van der Waals surface area contributed by atoms with Gasteiger partial charge in [0.15, 0.2) is 0 Å². The molecule has 1 aromatic carbocycles. The zero-order chi connectivity index (χ0) is 23.8. The number of nitriles is 1. The quantitative estimate of drug-likeness (QED) is 0.400. The molecule has 2 N–H and O–H groups in total. The van der Waals surface area contributed by atoms with Crippen LogP contribution in [0.15, 0.2) is 79.2 Å². The molecule has 34 heavy (non-hydrogen) atoms. The lowest BCUT2D eigenvalue weighted by Gasteiger charge is -2.33. The summed E-state index contributed by atoms with van der Waals surface area (Å²) in [4.78, 5) is 6.97. The predicted octanol–water partition coefficient (Wildman–Crippen LogP) is 4.78. The molecule has 0 spiro atoms. The van der Waals surface area contributed by atoms with Crippen LogP contribution in [0.5, 0.6) is 0 Å². The van der Waals surface area contributed by atoms with Crippen LogP contribution in [0, 0.1) is 11.3 Å². The van der Waals surface area contributed by atoms with Crippen LogP contribution < -0.4 is 10.6 Å². The topological polar surface area (TPSA) is 64.0 Å². The summed E-state index contributed by atoms with van der Waals surface area (Å²) in [7, 11) is 0. The van der Waals surface area contributed by atoms with Crippen LogP contribution >= 0.6 is 0 Å². The maximum absolute atomic E-state index is 9.01. The van der Waals surface area contributed by atoms with E-state index in [1.54, 1.807) is 11.8 Å². The Labute approximate surface area is 203 Å². The molecule has 176 valence electrons. The third kappa shape index (κ3) is 6.66. The van der Waals surface area contributed by atoms with Crippen molar-refractivity contribution < 1.29 is 0 Å². The summed E-state index contributed by atoms with van der Waals surface area (Å²) >= 11 is 0. The summed E-state index contributed by atoms with van der Waals surface area (Å²) in [5.41, 5.74) is 6.26. The van der Waals surface area contributed by atoms with E-state index in [2.05, 4.69) is 76.2 Å². The van der Waals surface area contributed by atoms with E-state index in [1.165, 1.54) is 18.4 Å². The molecule has 1 unspecified atom stereocenters. The molecule has 1 aliphatic carbocycles. The number of pyridine rings is 1. The first-order valence-corrected chi connectivity index (χ1v) is 12.2. The van der Waals surface area contributed by atoms with Gasteiger partial charge >= 0.3 is 0 Å². The first kappa shape index (κ1) is 23.9. The van der Waals surface area contributed by atoms with Gasteiger partial charge in [-0.05, 0) is 54.9 Å². The predicted molar refractivity (Wildman–Crippen MR) is 139 cm³/mol. The molecule has 0 bridgehead atoms. The average Bonchev–Trinajstić information content (AvgIpc) is 3.34. The molecule has 2 aliphatic rings. The first-order chi connectivity index (χ1) is 16.6. The van der Waals surface area contributed by atoms with Crippen molar-refractivity contribution in [3.63, 3.8) is 0 Å². The number of benzene rings is 1. The number of aromatic nitrogens is 1. The second kappa shape index (κ2) is 11.8. The molecule has 1 saturated heterocycles. The Morgan fingerprint density at radius 3 is 2.71 bits per heavy atom. The van der Waals surface area contributed by atoms with Gasteiger partial charge in [-0.2, -0.15) is 5.26 Å². The fourth-order valence-electron chi connectivity index (χ4n) is 4.93. The third-order valence-corrected chi connectivity index (χ3v) is 6.84. The van der Waals surface area contributed by atoms with Gasteiger partial charge in [0.2, 0.25) is 0 Å². The summed E-state index contributed by atoms with van der Waals surface area (Å²) < 4.78 is 0. The van der Waals surface area contributed by atoms with Gasteiger partial charge < -0.3 is 10.6 Å². The van der Waals surface area contributed by atoms with Crippen LogP contribution in [0.4, 0.5) is 0 Å². The van der Waals surface area contributed by atoms with Crippen molar-refractivity contribution in [3.05, 3.63) is 96.0 Å². The Balaban J connectivity index is 1.13. The van der Waals surface area contributed by atoms with Crippen LogP contribution in [0.25, 0.3) is 5.57 Å². The number of nitrogens with zero attached hydrogens (tertiary/aromatic N) is 3. The number of rotatable bonds is 10. The summed E-state index contributed by atoms with van der Waals surface area (Å²) in [5.74, 6) is 0.661. The number of hydrogen-bond donors (Lipinski definition) is 2. The van der Waals surface area contributed by atoms with E-state index in [0.29, 0.717) is 30.6 Å². The van der Waals surface area contributed by atoms with Crippen LogP contribution in [0.2, 0.25) is 0 Å². The smallest absolute Gasteiger partial charge is 0.0991 e. The van der Waals surface area contributed by atoms with E-state index in [0.717, 1.165) is 49.4 Å². The zero-order valence-electron chi connectivity index (χ0n) is 20.0. The molecule has 4 rings (SSSR count). The molecule has 1 fully saturated rings. The lowest BCUT2D eigenvalue weighted by molar-refractivity contribution is 0.215. The monoisotopic (exact) mass is 453 g/mol. The SMILES string of the molecule is C=C(CNCc1cc(C(=C)C#N)ccn1)NC1CCN(CC2=CCC(c3ccccc3)C2)CC1. The van der Waals surface area contributed by atoms with Crippen LogP contribution in [0.3, 0.4) is 0 Å². The fourth-order valence-corrected chi connectivity index (χ4v) is 4.93. The van der Waals surface area contributed by atoms with Crippen LogP contribution in [-0.4, -0.2) is 42.1 Å². The van der Waals surface area contributed by atoms with E-state index in [9.17, 15) is 0 Å². The van der Waals surface area contributed by atoms with Gasteiger partial charge in [-0.1, -0.05) is 55.1 Å². The summed E-state index contributed by atoms with van der Waals surface area (Å²) in [6, 6.07) is 17.2. The number of allylic oxidation sites excluding steroid dienone is 2. The lowest BCUT2D eigenvalue weighted by Crippen LogP contribution is -2.43. The van der Waals surface area contributed by atoms with Crippen molar-refractivity contribution in [1.29, 1.82) is 5.26 Å². The number of piperidine rings is 1. The number of likely N-dealkylation sites (tertiary alicyclic amines) is 1. The largest absolute Gasteiger partial charge is 0.385 e. The minimum absolute atomic E-state index is 0.460. The number of hydrogen-bond acceptors (Lipinski definition) is 5. The average molecular weight is 454 g/mol. The van der Waals surface area contributed by atoms with Gasteiger partial charge in [0.05, 0.1) is 17.3 Å². The molecule has 5 heteroatoms. The molecule has 1 aromatic heterocycles. The van der Waals surface area contributed by atoms with Gasteiger partial charge in [0.25, 0.3) is 0 Å². The first-order valence-electron chi connectivity index (χ1n) is 12.2. The van der Waals surface area contributed by atoms with Gasteiger partial charge in [0, 0.05) is 50.7 Å². The molecule has 0 saturated carbocycles. The normalized spacial score (nSPS) is 18.8. The Kier molecular flexibility index (Phi) is 8.30. The van der Waals surface area contributed by atoms with E-state index in [-0.39, 0.29) is 0 Å². The molecular formula is C29H35N5. The van der Waals surface area contributed by atoms with Crippen molar-refractivity contribution in [2.45, 2.75) is 44.2 Å². The van der Waals surface area contributed by atoms with Crippen LogP contribution in [-0.2, 0) is 6.54 Å². The van der Waals surface area contributed by atoms with E-state index >= 15 is 0 Å². The Hall–Kier alpha value is -3.20. The zero-order valence-corrected chi connectivity index (χ0v) is 20.0. The standard InChI is InChI=1S/C29H35N5/c1-22(18-30)26-10-13-32-29(17-26)20-31-19-23(2)33-28-11-14-34(15-12-28)21-24-8-9-27(16-24)25-6-4-3-5-7-25/h3-8,10,13,17,27-28,31,33H,1-2,9,11-12,14-16,19-21H2. The summed E-state index contributed by atoms with van der Waals surface area (Å²) in [6.45, 7) is 12.7. The van der Waals surface area contributed by atoms with Gasteiger partial charge in [-0.15, -0.1) is 0 Å². The van der Waals surface area contributed by atoms with Crippen molar-refractivity contribution in [2.75, 3.05) is 26.2 Å². The summed E-state index contributed by atoms with van der Waals surface area (Å²) in [5, 5.41) is 16.0. The van der Waals surface area contributed by atoms with E-state index in [4.69, 9.17) is 5.26 Å². The highest BCUT2D eigenvalue weighted by Crippen LogP contribution is 2.34. The minimum Gasteiger partial charge on any atom is -0.385 e. The second-order valence-electron chi connectivity index (χ2n) is 9.44. The van der Waals surface area contributed by atoms with Gasteiger partial charge in [-0.3, -0.25) is 9.88 Å². The lowest BCUT2D eigenvalue weighted by atomic mass is 9.95. The maximum Gasteiger partial charge on any atom is 0.0991 e. The number of nitrogens with one attached hydrogen (secondary N) is 2. The van der Waals surface area contributed by atoms with E-state index < -0.39 is 0 Å². The second-order valence-corrected chi connectivity index (χ2v) is 9.44. The van der Waals surface area contributed by atoms with Crippen molar-refractivity contribution in [1.82, 2.24) is 20.5 Å². The molecule has 0 radical (unpaired) electrons. The fraction of sp³-hybridized carbons (Fsp3) is 0.379. The molecule has 5 nitrogen and oxygen atoms in total. The Morgan fingerprint density at radius 2 is 1.94 bits per heavy atom. The van der Waals surface area contributed by atoms with E-state index in [1.807, 2.05) is 12.1 Å². The third-order valence-electron chi connectivity index (χ3n) is 6.84. The molecular weight excluding hydrogens is 418 g/mol. The molecule has 0 amide bonds. The molecule has 2 heterocycles. The van der Waals surface area contributed by atoms with Gasteiger partial charge in [0.1, 0.15) is 0 Å². The minimum atomic E-state index is 0.460. The van der Waals surface area contributed by atoms with Crippen molar-refractivity contribution >= 4 is 5.57 Å². The Morgan fingerprint density at radius 1 is 1.15 bits per heavy atom. The van der Waals surface area contributed by atoms with Gasteiger partial charge in [-0.25, -0.2) is 0 Å². The molecule has 1 atom stereocenters. The molecule has 2 aromatic rings. The van der Waals surface area contributed by atoms with Crippen molar-refractivity contribution in [2.24, 2.45) is 0 Å². The molecule has 1 aliphatic heterocycles. The summed E-state index contributed by atoms with van der Waals surface area (Å²) in [6.07, 6.45) is 8.86. The highest BCUT2D eigenvalue weighted by atomic mass is 15.1. The highest BCUT2D eigenvalue weighted by Gasteiger charge is 2.23. The van der Waals surface area contributed by atoms with Crippen molar-refractivity contribution in [3.8, 4) is 6.07 Å².